The van der Waals surface area contributed by atoms with Crippen LogP contribution in [0.3, 0.4) is 0 Å². The van der Waals surface area contributed by atoms with Crippen LogP contribution in [0.15, 0.2) is 30.3 Å². The van der Waals surface area contributed by atoms with Crippen LogP contribution in [0.2, 0.25) is 0 Å². The van der Waals surface area contributed by atoms with Gasteiger partial charge in [-0.2, -0.15) is 0 Å². The van der Waals surface area contributed by atoms with Crippen molar-refractivity contribution in [2.45, 2.75) is 13.0 Å². The number of rotatable bonds is 2. The summed E-state index contributed by atoms with van der Waals surface area (Å²) in [7, 11) is 0. The molecular weight excluding hydrogens is 178 g/mol. The summed E-state index contributed by atoms with van der Waals surface area (Å²) in [5.41, 5.74) is 6.51. The van der Waals surface area contributed by atoms with Crippen LogP contribution in [0.5, 0.6) is 0 Å². The van der Waals surface area contributed by atoms with Crippen molar-refractivity contribution in [3.05, 3.63) is 36.2 Å². The van der Waals surface area contributed by atoms with E-state index in [4.69, 9.17) is 5.73 Å². The Morgan fingerprint density at radius 1 is 1.29 bits per heavy atom. The summed E-state index contributed by atoms with van der Waals surface area (Å²) in [5, 5.41) is 11.9. The topological polar surface area (TPSA) is 69.6 Å². The van der Waals surface area contributed by atoms with Crippen LogP contribution in [0, 0.1) is 0 Å². The molecule has 1 atom stereocenters. The van der Waals surface area contributed by atoms with Gasteiger partial charge in [0.05, 0.1) is 11.7 Å². The summed E-state index contributed by atoms with van der Waals surface area (Å²) in [4.78, 5) is 1.47. The third-order valence-electron chi connectivity index (χ3n) is 1.82. The average molecular weight is 189 g/mol. The highest BCUT2D eigenvalue weighted by molar-refractivity contribution is 5.27. The van der Waals surface area contributed by atoms with E-state index in [1.807, 2.05) is 37.3 Å². The first-order valence-corrected chi connectivity index (χ1v) is 4.38. The van der Waals surface area contributed by atoms with Gasteiger partial charge in [-0.15, -0.1) is 15.0 Å². The van der Waals surface area contributed by atoms with Gasteiger partial charge in [0.2, 0.25) is 0 Å². The SMILES string of the molecule is CC(N)c1nnn(-c2ccccc2)n1. The Morgan fingerprint density at radius 3 is 2.57 bits per heavy atom. The number of hydrogen-bond donors (Lipinski definition) is 1. The van der Waals surface area contributed by atoms with Gasteiger partial charge in [0.25, 0.3) is 0 Å². The van der Waals surface area contributed by atoms with E-state index in [2.05, 4.69) is 15.4 Å². The molecule has 0 amide bonds. The zero-order valence-electron chi connectivity index (χ0n) is 7.83. The fraction of sp³-hybridized carbons (Fsp3) is 0.222. The van der Waals surface area contributed by atoms with E-state index in [-0.39, 0.29) is 6.04 Å². The van der Waals surface area contributed by atoms with Gasteiger partial charge in [-0.3, -0.25) is 0 Å². The Kier molecular flexibility index (Phi) is 2.24. The fourth-order valence-electron chi connectivity index (χ4n) is 1.08. The molecule has 1 aromatic carbocycles. The molecule has 1 heterocycles. The normalized spacial score (nSPS) is 12.7. The first kappa shape index (κ1) is 8.83. The maximum absolute atomic E-state index is 5.63. The van der Waals surface area contributed by atoms with Gasteiger partial charge >= 0.3 is 0 Å². The second-order valence-corrected chi connectivity index (χ2v) is 3.06. The molecule has 72 valence electrons. The molecule has 2 N–H and O–H groups in total. The van der Waals surface area contributed by atoms with Crippen LogP contribution in [0.1, 0.15) is 18.8 Å². The number of benzene rings is 1. The summed E-state index contributed by atoms with van der Waals surface area (Å²) in [6.07, 6.45) is 0. The Labute approximate surface area is 81.5 Å². The molecule has 0 aliphatic heterocycles. The predicted molar refractivity (Wildman–Crippen MR) is 51.8 cm³/mol. The lowest BCUT2D eigenvalue weighted by atomic mass is 10.3. The first-order valence-electron chi connectivity index (χ1n) is 4.38. The summed E-state index contributed by atoms with van der Waals surface area (Å²) < 4.78 is 0. The minimum atomic E-state index is -0.188. The monoisotopic (exact) mass is 189 g/mol. The summed E-state index contributed by atoms with van der Waals surface area (Å²) in [6, 6.07) is 9.41. The van der Waals surface area contributed by atoms with Gasteiger partial charge in [0.1, 0.15) is 0 Å². The number of nitrogens with zero attached hydrogens (tertiary/aromatic N) is 4. The second kappa shape index (κ2) is 3.55. The Balaban J connectivity index is 2.34. The van der Waals surface area contributed by atoms with Crippen molar-refractivity contribution < 1.29 is 0 Å². The van der Waals surface area contributed by atoms with Crippen LogP contribution in [0.25, 0.3) is 5.69 Å². The number of para-hydroxylation sites is 1. The minimum Gasteiger partial charge on any atom is -0.321 e. The molecular formula is C9H11N5. The van der Waals surface area contributed by atoms with Crippen LogP contribution < -0.4 is 5.73 Å². The van der Waals surface area contributed by atoms with E-state index < -0.39 is 0 Å². The standard InChI is InChI=1S/C9H11N5/c1-7(10)9-11-13-14(12-9)8-5-3-2-4-6-8/h2-7H,10H2,1H3. The van der Waals surface area contributed by atoms with Crippen molar-refractivity contribution in [3.63, 3.8) is 0 Å². The van der Waals surface area contributed by atoms with Crippen molar-refractivity contribution in [2.24, 2.45) is 5.73 Å². The minimum absolute atomic E-state index is 0.188. The molecule has 2 aromatic rings. The molecule has 0 fully saturated rings. The van der Waals surface area contributed by atoms with E-state index in [0.29, 0.717) is 5.82 Å². The molecule has 5 nitrogen and oxygen atoms in total. The zero-order chi connectivity index (χ0) is 9.97. The number of hydrogen-bond acceptors (Lipinski definition) is 4. The first-order chi connectivity index (χ1) is 6.77. The molecule has 0 saturated heterocycles. The van der Waals surface area contributed by atoms with E-state index >= 15 is 0 Å². The second-order valence-electron chi connectivity index (χ2n) is 3.06. The Bertz CT molecular complexity index is 406. The molecule has 0 saturated carbocycles. The van der Waals surface area contributed by atoms with E-state index in [1.165, 1.54) is 4.80 Å². The molecule has 0 aliphatic carbocycles. The molecule has 2 rings (SSSR count). The Hall–Kier alpha value is -1.75. The predicted octanol–water partition coefficient (Wildman–Crippen LogP) is 0.682. The smallest absolute Gasteiger partial charge is 0.191 e. The van der Waals surface area contributed by atoms with E-state index in [0.717, 1.165) is 5.69 Å². The van der Waals surface area contributed by atoms with Crippen molar-refractivity contribution in [3.8, 4) is 5.69 Å². The van der Waals surface area contributed by atoms with Crippen LogP contribution in [0.4, 0.5) is 0 Å². The van der Waals surface area contributed by atoms with Gasteiger partial charge < -0.3 is 5.73 Å². The quantitative estimate of drug-likeness (QED) is 0.754. The van der Waals surface area contributed by atoms with Crippen molar-refractivity contribution in [1.82, 2.24) is 20.2 Å². The molecule has 1 aromatic heterocycles. The lowest BCUT2D eigenvalue weighted by Gasteiger charge is -1.96. The highest BCUT2D eigenvalue weighted by Crippen LogP contribution is 2.05. The zero-order valence-corrected chi connectivity index (χ0v) is 7.83. The number of tetrazole rings is 1. The molecule has 0 radical (unpaired) electrons. The molecule has 0 aliphatic rings. The van der Waals surface area contributed by atoms with E-state index in [9.17, 15) is 0 Å². The van der Waals surface area contributed by atoms with Crippen LogP contribution in [-0.2, 0) is 0 Å². The lowest BCUT2D eigenvalue weighted by molar-refractivity contribution is 0.705. The van der Waals surface area contributed by atoms with Crippen LogP contribution >= 0.6 is 0 Å². The lowest BCUT2D eigenvalue weighted by Crippen LogP contribution is -2.07. The molecule has 5 heteroatoms. The summed E-state index contributed by atoms with van der Waals surface area (Å²) in [5.74, 6) is 0.550. The Morgan fingerprint density at radius 2 is 2.00 bits per heavy atom. The van der Waals surface area contributed by atoms with Gasteiger partial charge in [0.15, 0.2) is 5.82 Å². The number of aromatic nitrogens is 4. The molecule has 1 unspecified atom stereocenters. The van der Waals surface area contributed by atoms with Crippen molar-refractivity contribution in [2.75, 3.05) is 0 Å². The average Bonchev–Trinajstić information content (AvgIpc) is 2.68. The van der Waals surface area contributed by atoms with Gasteiger partial charge in [0, 0.05) is 0 Å². The molecule has 0 spiro atoms. The van der Waals surface area contributed by atoms with Gasteiger partial charge in [-0.25, -0.2) is 0 Å². The van der Waals surface area contributed by atoms with Crippen molar-refractivity contribution in [1.29, 1.82) is 0 Å². The highest BCUT2D eigenvalue weighted by Gasteiger charge is 2.07. The summed E-state index contributed by atoms with van der Waals surface area (Å²) >= 11 is 0. The fourth-order valence-corrected chi connectivity index (χ4v) is 1.08. The molecule has 14 heavy (non-hydrogen) atoms. The number of nitrogens with two attached hydrogens (primary N) is 1. The summed E-state index contributed by atoms with van der Waals surface area (Å²) in [6.45, 7) is 1.83. The third kappa shape index (κ3) is 1.62. The highest BCUT2D eigenvalue weighted by atomic mass is 15.6. The maximum Gasteiger partial charge on any atom is 0.191 e. The van der Waals surface area contributed by atoms with Gasteiger partial charge in [-0.05, 0) is 24.3 Å². The maximum atomic E-state index is 5.63. The molecule has 0 bridgehead atoms. The van der Waals surface area contributed by atoms with E-state index in [1.54, 1.807) is 0 Å². The third-order valence-corrected chi connectivity index (χ3v) is 1.82. The van der Waals surface area contributed by atoms with Crippen molar-refractivity contribution >= 4 is 0 Å². The largest absolute Gasteiger partial charge is 0.321 e. The van der Waals surface area contributed by atoms with Gasteiger partial charge in [-0.1, -0.05) is 18.2 Å². The van der Waals surface area contributed by atoms with Crippen LogP contribution in [-0.4, -0.2) is 20.2 Å².